The number of nitrogens with zero attached hydrogens (tertiary/aromatic N) is 4. The van der Waals surface area contributed by atoms with Gasteiger partial charge in [-0.25, -0.2) is 28.8 Å². The molecule has 2 heterocycles. The van der Waals surface area contributed by atoms with Gasteiger partial charge in [-0.3, -0.25) is 9.97 Å². The van der Waals surface area contributed by atoms with Gasteiger partial charge in [0.15, 0.2) is 0 Å². The predicted octanol–water partition coefficient (Wildman–Crippen LogP) is -2.75. The number of nitrogens with one attached hydrogen (secondary N) is 2. The van der Waals surface area contributed by atoms with Crippen LogP contribution in [0.5, 0.6) is 0 Å². The summed E-state index contributed by atoms with van der Waals surface area (Å²) in [6.45, 7) is 0. The van der Waals surface area contributed by atoms with Crippen molar-refractivity contribution in [3.05, 3.63) is 62.9 Å². The van der Waals surface area contributed by atoms with E-state index in [1.807, 2.05) is 0 Å². The van der Waals surface area contributed by atoms with Crippen molar-refractivity contribution < 1.29 is 2.85 Å². The normalized spacial score (nSPS) is 9.57. The molecule has 0 saturated carbocycles. The molecule has 124 valence electrons. The molecule has 2 aromatic rings. The summed E-state index contributed by atoms with van der Waals surface area (Å²) in [7, 11) is 0. The summed E-state index contributed by atoms with van der Waals surface area (Å²) in [5.41, 5.74) is -6.25. The third-order valence-corrected chi connectivity index (χ3v) is 3.01. The second-order valence-corrected chi connectivity index (χ2v) is 4.51. The second-order valence-electron chi connectivity index (χ2n) is 3.16. The Hall–Kier alpha value is -0.449. The Bertz CT molecular complexity index is 908. The topological polar surface area (TPSA) is 154 Å². The maximum atomic E-state index is 10.7. The first-order valence-electron chi connectivity index (χ1n) is 4.69. The van der Waals surface area contributed by atoms with Crippen molar-refractivity contribution >= 4 is 96.0 Å². The van der Waals surface area contributed by atoms with Crippen LogP contribution in [0.2, 0.25) is 0 Å². The fourth-order valence-corrected chi connectivity index (χ4v) is 1.43. The quantitative estimate of drug-likeness (QED) is 0.349. The maximum Gasteiger partial charge on any atom is 2.00 e. The van der Waals surface area contributed by atoms with Crippen LogP contribution in [-0.4, -0.2) is 75.2 Å². The van der Waals surface area contributed by atoms with E-state index in [0.29, 0.717) is 0 Å². The summed E-state index contributed by atoms with van der Waals surface area (Å²) in [5, 5.41) is 0. The number of aromatic amines is 2. The molecule has 0 spiro atoms. The van der Waals surface area contributed by atoms with Gasteiger partial charge in [0.2, 0.25) is 0 Å². The molecule has 0 atom stereocenters. The maximum absolute atomic E-state index is 10.7. The number of hydrogen-bond donors (Lipinski definition) is 2. The Balaban J connectivity index is -0.000000346. The molecule has 17 heteroatoms. The zero-order valence-corrected chi connectivity index (χ0v) is 17.9. The average molecular weight is 535 g/mol. The number of hydrogen-bond acceptors (Lipinski definition) is 6. The fourth-order valence-electron chi connectivity index (χ4n) is 0.881. The molecule has 0 saturated heterocycles. The van der Waals surface area contributed by atoms with E-state index >= 15 is 0 Å². The molecule has 0 aromatic carbocycles. The smallest absolute Gasteiger partial charge is 1.00 e. The molecular formula is C6H4BaCl4N6O6. The molecule has 2 rings (SSSR count). The van der Waals surface area contributed by atoms with Crippen LogP contribution in [0, 0.1) is 0 Å². The van der Waals surface area contributed by atoms with Crippen molar-refractivity contribution in [3.63, 3.8) is 0 Å². The average Bonchev–Trinajstić information content (AvgIpc) is 2.47. The molecule has 23 heavy (non-hydrogen) atoms. The van der Waals surface area contributed by atoms with Crippen LogP contribution >= 0.6 is 47.1 Å². The van der Waals surface area contributed by atoms with Gasteiger partial charge in [-0.1, -0.05) is 0 Å². The first kappa shape index (κ1) is 22.6. The SMILES string of the molecule is O=c1[nH]c(=O)n(Cl)c(=O)n1Cl.O=c1[nH]c(=O)n(Cl)c(=O)n1Cl.[Ba+2].[H-].[H-]. The van der Waals surface area contributed by atoms with Crippen LogP contribution in [-0.2, 0) is 0 Å². The third-order valence-electron chi connectivity index (χ3n) is 1.81. The van der Waals surface area contributed by atoms with Gasteiger partial charge >= 0.3 is 83.0 Å². The molecule has 0 aliphatic rings. The molecule has 0 aliphatic carbocycles. The van der Waals surface area contributed by atoms with E-state index in [-0.39, 0.29) is 68.1 Å². The summed E-state index contributed by atoms with van der Waals surface area (Å²) >= 11 is 20.3. The van der Waals surface area contributed by atoms with E-state index in [1.165, 1.54) is 0 Å². The van der Waals surface area contributed by atoms with Crippen molar-refractivity contribution in [2.24, 2.45) is 0 Å². The standard InChI is InChI=1S/2C3HCl2N3O3.Ba.2H/c2*4-7-1(9)6-2(10)8(5)3(7)11;;;/h2*(H,6,9,10);;;/q;;+2;2*-1. The summed E-state index contributed by atoms with van der Waals surface area (Å²) < 4.78 is 0.644. The summed E-state index contributed by atoms with van der Waals surface area (Å²) in [4.78, 5) is 66.8. The van der Waals surface area contributed by atoms with Crippen LogP contribution in [0.3, 0.4) is 0 Å². The van der Waals surface area contributed by atoms with E-state index < -0.39 is 34.1 Å². The largest absolute Gasteiger partial charge is 2.00 e. The van der Waals surface area contributed by atoms with Crippen LogP contribution in [0.1, 0.15) is 2.85 Å². The Morgan fingerprint density at radius 1 is 0.565 bits per heavy atom. The van der Waals surface area contributed by atoms with Gasteiger partial charge in [-0.05, 0) is 0 Å². The second kappa shape index (κ2) is 9.14. The summed E-state index contributed by atoms with van der Waals surface area (Å²) in [6.07, 6.45) is 0. The van der Waals surface area contributed by atoms with Crippen molar-refractivity contribution in [3.8, 4) is 0 Å². The van der Waals surface area contributed by atoms with Gasteiger partial charge in [0, 0.05) is 47.1 Å². The molecule has 0 fully saturated rings. The molecule has 2 N–H and O–H groups in total. The van der Waals surface area contributed by atoms with Crippen molar-refractivity contribution in [2.75, 3.05) is 0 Å². The van der Waals surface area contributed by atoms with Crippen molar-refractivity contribution in [2.45, 2.75) is 0 Å². The number of H-pyrrole nitrogens is 2. The van der Waals surface area contributed by atoms with Gasteiger partial charge in [0.25, 0.3) is 0 Å². The molecule has 0 bridgehead atoms. The van der Waals surface area contributed by atoms with Gasteiger partial charge in [0.05, 0.1) is 0 Å². The van der Waals surface area contributed by atoms with Crippen LogP contribution in [0.25, 0.3) is 0 Å². The van der Waals surface area contributed by atoms with Crippen LogP contribution < -0.4 is 34.1 Å². The Morgan fingerprint density at radius 3 is 0.913 bits per heavy atom. The molecule has 2 aromatic heterocycles. The van der Waals surface area contributed by atoms with Crippen molar-refractivity contribution in [1.29, 1.82) is 0 Å². The summed E-state index contributed by atoms with van der Waals surface area (Å²) in [5.74, 6) is 0. The molecular weight excluding hydrogens is 531 g/mol. The van der Waals surface area contributed by atoms with Crippen molar-refractivity contribution in [1.82, 2.24) is 26.3 Å². The number of aromatic nitrogens is 6. The minimum Gasteiger partial charge on any atom is -1.00 e. The van der Waals surface area contributed by atoms with E-state index in [4.69, 9.17) is 47.1 Å². The van der Waals surface area contributed by atoms with E-state index in [9.17, 15) is 28.8 Å². The first-order valence-corrected chi connectivity index (χ1v) is 6.04. The van der Waals surface area contributed by atoms with Gasteiger partial charge in [0.1, 0.15) is 0 Å². The molecule has 0 radical (unpaired) electrons. The monoisotopic (exact) mass is 534 g/mol. The Kier molecular flexibility index (Phi) is 8.97. The van der Waals surface area contributed by atoms with E-state index in [2.05, 4.69) is 0 Å². The molecule has 0 amide bonds. The summed E-state index contributed by atoms with van der Waals surface area (Å²) in [6, 6.07) is 0. The van der Waals surface area contributed by atoms with Gasteiger partial charge in [-0.15, -0.1) is 16.3 Å². The zero-order chi connectivity index (χ0) is 17.2. The number of rotatable bonds is 0. The molecule has 12 nitrogen and oxygen atoms in total. The van der Waals surface area contributed by atoms with Crippen LogP contribution in [0.4, 0.5) is 0 Å². The minimum atomic E-state index is -1.10. The Labute approximate surface area is 186 Å². The third kappa shape index (κ3) is 5.27. The van der Waals surface area contributed by atoms with Gasteiger partial charge < -0.3 is 2.85 Å². The minimum absolute atomic E-state index is 0. The Morgan fingerprint density at radius 2 is 0.739 bits per heavy atom. The predicted molar refractivity (Wildman–Crippen MR) is 84.1 cm³/mol. The molecule has 0 unspecified atom stereocenters. The van der Waals surface area contributed by atoms with E-state index in [1.54, 1.807) is 9.97 Å². The fraction of sp³-hybridized carbons (Fsp3) is 0. The zero-order valence-electron chi connectivity index (χ0n) is 12.5. The first-order chi connectivity index (χ1) is 10.1. The van der Waals surface area contributed by atoms with E-state index in [0.717, 1.165) is 0 Å². The van der Waals surface area contributed by atoms with Gasteiger partial charge in [-0.2, -0.15) is 0 Å². The number of halogens is 4. The molecule has 0 aliphatic heterocycles. The van der Waals surface area contributed by atoms with Crippen LogP contribution in [0.15, 0.2) is 28.8 Å².